The number of aromatic nitrogens is 6. The van der Waals surface area contributed by atoms with Gasteiger partial charge in [-0.2, -0.15) is 4.80 Å². The Labute approximate surface area is 203 Å². The number of carbonyl (C=O) groups excluding carboxylic acids is 1. The van der Waals surface area contributed by atoms with Gasteiger partial charge in [-0.15, -0.1) is 10.2 Å². The normalized spacial score (nSPS) is 19.3. The van der Waals surface area contributed by atoms with Crippen molar-refractivity contribution in [2.75, 3.05) is 6.61 Å². The first-order valence-corrected chi connectivity index (χ1v) is 11.1. The van der Waals surface area contributed by atoms with Crippen LogP contribution in [-0.2, 0) is 9.47 Å². The van der Waals surface area contributed by atoms with Crippen molar-refractivity contribution >= 4 is 5.97 Å². The number of nitrogens with zero attached hydrogens (tertiary/aromatic N) is 5. The summed E-state index contributed by atoms with van der Waals surface area (Å²) in [5.41, 5.74) is 0.174. The first-order valence-electron chi connectivity index (χ1n) is 11.1. The molecule has 11 nitrogen and oxygen atoms in total. The van der Waals surface area contributed by atoms with Crippen molar-refractivity contribution in [1.82, 2.24) is 29.8 Å². The number of tetrazole rings is 1. The quantitative estimate of drug-likeness (QED) is 0.404. The van der Waals surface area contributed by atoms with Crippen molar-refractivity contribution < 1.29 is 18.7 Å². The minimum atomic E-state index is -0.779. The fourth-order valence-corrected chi connectivity index (χ4v) is 3.97. The molecule has 1 N–H and O–H groups in total. The number of rotatable bonds is 6. The van der Waals surface area contributed by atoms with Gasteiger partial charge in [0, 0.05) is 23.7 Å². The predicted molar refractivity (Wildman–Crippen MR) is 124 cm³/mol. The van der Waals surface area contributed by atoms with Crippen LogP contribution in [0.2, 0.25) is 0 Å². The molecule has 3 heterocycles. The van der Waals surface area contributed by atoms with E-state index in [1.807, 2.05) is 0 Å². The van der Waals surface area contributed by atoms with E-state index in [9.17, 15) is 18.8 Å². The molecule has 0 bridgehead atoms. The summed E-state index contributed by atoms with van der Waals surface area (Å²) in [4.78, 5) is 40.4. The van der Waals surface area contributed by atoms with Gasteiger partial charge >= 0.3 is 11.7 Å². The van der Waals surface area contributed by atoms with Gasteiger partial charge in [-0.3, -0.25) is 14.3 Å². The van der Waals surface area contributed by atoms with Gasteiger partial charge in [-0.05, 0) is 48.5 Å². The maximum absolute atomic E-state index is 13.3. The third-order valence-corrected chi connectivity index (χ3v) is 5.88. The van der Waals surface area contributed by atoms with Crippen LogP contribution in [-0.4, -0.2) is 48.4 Å². The van der Waals surface area contributed by atoms with E-state index in [1.165, 1.54) is 39.8 Å². The number of benzene rings is 2. The summed E-state index contributed by atoms with van der Waals surface area (Å²) in [5, 5.41) is 12.6. The number of aromatic amines is 1. The maximum Gasteiger partial charge on any atom is 0.338 e. The zero-order valence-electron chi connectivity index (χ0n) is 19.1. The number of aryl methyl sites for hydroxylation is 1. The number of nitrogens with one attached hydrogen (secondary N) is 1. The Kier molecular flexibility index (Phi) is 6.25. The average molecular weight is 492 g/mol. The van der Waals surface area contributed by atoms with Crippen molar-refractivity contribution in [3.8, 4) is 11.4 Å². The molecule has 4 aromatic rings. The van der Waals surface area contributed by atoms with Gasteiger partial charge in [0.1, 0.15) is 30.8 Å². The standard InChI is InChI=1S/C24H21FN6O5/c1-14-12-30(24(34)26-22(14)32)20-11-18(19(36-20)13-35-23(33)16-5-3-2-4-6-16)31-28-21(27-29-31)15-7-9-17(25)10-8-15/h2-10,12,18-20H,11,13H2,1H3,(H,26,32,34). The molecule has 0 spiro atoms. The fraction of sp³-hybridized carbons (Fsp3) is 0.250. The Morgan fingerprint density at radius 2 is 1.92 bits per heavy atom. The number of esters is 1. The molecule has 1 fully saturated rings. The van der Waals surface area contributed by atoms with Gasteiger partial charge in [0.2, 0.25) is 5.82 Å². The molecule has 1 aliphatic heterocycles. The highest BCUT2D eigenvalue weighted by Crippen LogP contribution is 2.36. The van der Waals surface area contributed by atoms with Gasteiger partial charge in [0.15, 0.2) is 0 Å². The van der Waals surface area contributed by atoms with Crippen LogP contribution in [0.25, 0.3) is 11.4 Å². The molecule has 12 heteroatoms. The summed E-state index contributed by atoms with van der Waals surface area (Å²) in [6.45, 7) is 1.44. The lowest BCUT2D eigenvalue weighted by Crippen LogP contribution is -2.33. The van der Waals surface area contributed by atoms with E-state index in [2.05, 4.69) is 20.4 Å². The lowest BCUT2D eigenvalue weighted by molar-refractivity contribution is -0.0419. The molecule has 3 atom stereocenters. The van der Waals surface area contributed by atoms with Crippen LogP contribution in [0.15, 0.2) is 70.4 Å². The summed E-state index contributed by atoms with van der Waals surface area (Å²) < 4.78 is 26.2. The Hall–Kier alpha value is -4.45. The van der Waals surface area contributed by atoms with Gasteiger partial charge in [0.05, 0.1) is 5.56 Å². The van der Waals surface area contributed by atoms with Crippen LogP contribution in [0.3, 0.4) is 0 Å². The third-order valence-electron chi connectivity index (χ3n) is 5.88. The highest BCUT2D eigenvalue weighted by Gasteiger charge is 2.40. The lowest BCUT2D eigenvalue weighted by Gasteiger charge is -2.17. The lowest BCUT2D eigenvalue weighted by atomic mass is 10.1. The highest BCUT2D eigenvalue weighted by atomic mass is 19.1. The molecule has 0 saturated carbocycles. The molecule has 5 rings (SSSR count). The van der Waals surface area contributed by atoms with Crippen LogP contribution < -0.4 is 11.2 Å². The molecule has 2 aromatic carbocycles. The van der Waals surface area contributed by atoms with E-state index in [-0.39, 0.29) is 24.7 Å². The molecular formula is C24H21FN6O5. The average Bonchev–Trinajstić information content (AvgIpc) is 3.53. The van der Waals surface area contributed by atoms with Gasteiger partial charge in [0.25, 0.3) is 5.56 Å². The molecule has 2 aromatic heterocycles. The predicted octanol–water partition coefficient (Wildman–Crippen LogP) is 2.02. The minimum Gasteiger partial charge on any atom is -0.459 e. The molecule has 0 radical (unpaired) electrons. The van der Waals surface area contributed by atoms with Gasteiger partial charge in [-0.1, -0.05) is 18.2 Å². The second kappa shape index (κ2) is 9.66. The van der Waals surface area contributed by atoms with Crippen molar-refractivity contribution in [3.63, 3.8) is 0 Å². The SMILES string of the molecule is Cc1cn(C2CC(n3nnc(-c4ccc(F)cc4)n3)C(COC(=O)c3ccccc3)O2)c(=O)[nH]c1=O. The van der Waals surface area contributed by atoms with E-state index in [0.29, 0.717) is 16.7 Å². The number of ether oxygens (including phenoxy) is 2. The van der Waals surface area contributed by atoms with Gasteiger partial charge in [-0.25, -0.2) is 14.0 Å². The molecule has 0 aliphatic carbocycles. The van der Waals surface area contributed by atoms with Crippen LogP contribution in [0.4, 0.5) is 4.39 Å². The summed E-state index contributed by atoms with van der Waals surface area (Å²) in [7, 11) is 0. The second-order valence-corrected chi connectivity index (χ2v) is 8.32. The Bertz CT molecular complexity index is 1500. The largest absolute Gasteiger partial charge is 0.459 e. The molecule has 36 heavy (non-hydrogen) atoms. The minimum absolute atomic E-state index is 0.139. The molecule has 1 saturated heterocycles. The van der Waals surface area contributed by atoms with E-state index >= 15 is 0 Å². The smallest absolute Gasteiger partial charge is 0.338 e. The number of H-pyrrole nitrogens is 1. The van der Waals surface area contributed by atoms with E-state index in [4.69, 9.17) is 9.47 Å². The number of carbonyl (C=O) groups is 1. The monoisotopic (exact) mass is 492 g/mol. The summed E-state index contributed by atoms with van der Waals surface area (Å²) >= 11 is 0. The van der Waals surface area contributed by atoms with Crippen LogP contribution in [0, 0.1) is 12.7 Å². The number of hydrogen-bond donors (Lipinski definition) is 1. The summed E-state index contributed by atoms with van der Waals surface area (Å²) in [6.07, 6.45) is 0.147. The van der Waals surface area contributed by atoms with Crippen molar-refractivity contribution in [2.24, 2.45) is 0 Å². The zero-order chi connectivity index (χ0) is 25.2. The Morgan fingerprint density at radius 1 is 1.17 bits per heavy atom. The molecule has 1 aliphatic rings. The topological polar surface area (TPSA) is 134 Å². The number of hydrogen-bond acceptors (Lipinski definition) is 8. The van der Waals surface area contributed by atoms with Gasteiger partial charge < -0.3 is 9.47 Å². The van der Waals surface area contributed by atoms with Crippen LogP contribution >= 0.6 is 0 Å². The first-order chi connectivity index (χ1) is 17.4. The summed E-state index contributed by atoms with van der Waals surface area (Å²) in [6, 6.07) is 13.6. The van der Waals surface area contributed by atoms with Crippen molar-refractivity contribution in [3.05, 3.63) is 98.6 Å². The zero-order valence-corrected chi connectivity index (χ0v) is 19.1. The third kappa shape index (κ3) is 4.70. The first kappa shape index (κ1) is 23.3. The molecule has 184 valence electrons. The maximum atomic E-state index is 13.3. The van der Waals surface area contributed by atoms with Crippen molar-refractivity contribution in [2.45, 2.75) is 31.7 Å². The van der Waals surface area contributed by atoms with Crippen LogP contribution in [0.1, 0.15) is 34.6 Å². The van der Waals surface area contributed by atoms with E-state index in [1.54, 1.807) is 37.3 Å². The molecule has 0 amide bonds. The van der Waals surface area contributed by atoms with Crippen molar-refractivity contribution in [1.29, 1.82) is 0 Å². The number of halogens is 1. The fourth-order valence-electron chi connectivity index (χ4n) is 3.97. The Balaban J connectivity index is 1.42. The van der Waals surface area contributed by atoms with Crippen LogP contribution in [0.5, 0.6) is 0 Å². The molecular weight excluding hydrogens is 471 g/mol. The second-order valence-electron chi connectivity index (χ2n) is 8.32. The Morgan fingerprint density at radius 3 is 2.67 bits per heavy atom. The molecule has 3 unspecified atom stereocenters. The summed E-state index contributed by atoms with van der Waals surface area (Å²) in [5.74, 6) is -0.646. The van der Waals surface area contributed by atoms with E-state index < -0.39 is 35.6 Å². The highest BCUT2D eigenvalue weighted by molar-refractivity contribution is 5.89. The van der Waals surface area contributed by atoms with E-state index in [0.717, 1.165) is 0 Å².